The minimum Gasteiger partial charge on any atom is -0.497 e. The molecule has 0 unspecified atom stereocenters. The van der Waals surface area contributed by atoms with Crippen molar-refractivity contribution in [3.63, 3.8) is 0 Å². The number of hydrogen-bond acceptors (Lipinski definition) is 2. The molecule has 96 valence electrons. The van der Waals surface area contributed by atoms with E-state index >= 15 is 0 Å². The second-order valence-corrected chi connectivity index (χ2v) is 4.61. The van der Waals surface area contributed by atoms with Crippen LogP contribution in [0.2, 0.25) is 0 Å². The fourth-order valence-corrected chi connectivity index (χ4v) is 2.27. The van der Waals surface area contributed by atoms with E-state index in [4.69, 9.17) is 10.5 Å². The molecular formula is C16H16N2O. The van der Waals surface area contributed by atoms with Crippen LogP contribution in [0.3, 0.4) is 0 Å². The summed E-state index contributed by atoms with van der Waals surface area (Å²) < 4.78 is 7.37. The zero-order chi connectivity index (χ0) is 13.2. The Bertz CT molecular complexity index is 698. The molecule has 0 radical (unpaired) electrons. The maximum Gasteiger partial charge on any atom is 0.118 e. The second-order valence-electron chi connectivity index (χ2n) is 4.61. The minimum atomic E-state index is 0.794. The van der Waals surface area contributed by atoms with Crippen LogP contribution in [0.4, 0.5) is 5.69 Å². The summed E-state index contributed by atoms with van der Waals surface area (Å²) in [6.45, 7) is 0.830. The summed E-state index contributed by atoms with van der Waals surface area (Å²) in [4.78, 5) is 0. The average Bonchev–Trinajstić information content (AvgIpc) is 2.82. The van der Waals surface area contributed by atoms with E-state index in [9.17, 15) is 0 Å². The van der Waals surface area contributed by atoms with Gasteiger partial charge in [-0.1, -0.05) is 18.2 Å². The number of fused-ring (bicyclic) bond motifs is 1. The number of nitrogen functional groups attached to an aromatic ring is 1. The Kier molecular flexibility index (Phi) is 2.88. The van der Waals surface area contributed by atoms with Crippen molar-refractivity contribution in [3.8, 4) is 5.75 Å². The summed E-state index contributed by atoms with van der Waals surface area (Å²) in [6.07, 6.45) is 2.09. The lowest BCUT2D eigenvalue weighted by Gasteiger charge is -2.07. The number of nitrogens with zero attached hydrogens (tertiary/aromatic N) is 1. The van der Waals surface area contributed by atoms with Gasteiger partial charge in [0.2, 0.25) is 0 Å². The Balaban J connectivity index is 1.93. The Labute approximate surface area is 112 Å². The maximum absolute atomic E-state index is 5.85. The first-order valence-corrected chi connectivity index (χ1v) is 6.23. The van der Waals surface area contributed by atoms with Crippen molar-refractivity contribution in [1.29, 1.82) is 0 Å². The van der Waals surface area contributed by atoms with E-state index in [1.165, 1.54) is 10.9 Å². The zero-order valence-electron chi connectivity index (χ0n) is 10.8. The number of nitrogens with two attached hydrogens (primary N) is 1. The topological polar surface area (TPSA) is 40.2 Å². The van der Waals surface area contributed by atoms with Crippen LogP contribution in [0.25, 0.3) is 10.9 Å². The molecule has 0 fully saturated rings. The molecule has 0 aliphatic heterocycles. The monoisotopic (exact) mass is 252 g/mol. The van der Waals surface area contributed by atoms with Crippen molar-refractivity contribution in [2.75, 3.05) is 12.8 Å². The molecule has 0 amide bonds. The Hall–Kier alpha value is -2.42. The molecule has 0 bridgehead atoms. The van der Waals surface area contributed by atoms with Gasteiger partial charge in [-0.25, -0.2) is 0 Å². The fraction of sp³-hybridized carbons (Fsp3) is 0.125. The van der Waals surface area contributed by atoms with Crippen LogP contribution in [0.15, 0.2) is 54.7 Å². The van der Waals surface area contributed by atoms with Gasteiger partial charge in [0, 0.05) is 18.4 Å². The summed E-state index contributed by atoms with van der Waals surface area (Å²) in [7, 11) is 1.68. The van der Waals surface area contributed by atoms with Gasteiger partial charge < -0.3 is 15.0 Å². The molecule has 3 heteroatoms. The van der Waals surface area contributed by atoms with E-state index in [1.807, 2.05) is 24.3 Å². The summed E-state index contributed by atoms with van der Waals surface area (Å²) in [5.74, 6) is 0.880. The lowest BCUT2D eigenvalue weighted by molar-refractivity contribution is 0.414. The van der Waals surface area contributed by atoms with Gasteiger partial charge in [0.05, 0.1) is 12.6 Å². The third kappa shape index (κ3) is 2.27. The van der Waals surface area contributed by atoms with Crippen LogP contribution in [0, 0.1) is 0 Å². The van der Waals surface area contributed by atoms with Gasteiger partial charge in [0.1, 0.15) is 5.75 Å². The number of hydrogen-bond donors (Lipinski definition) is 1. The van der Waals surface area contributed by atoms with Crippen LogP contribution in [0.5, 0.6) is 5.75 Å². The molecule has 1 aromatic heterocycles. The van der Waals surface area contributed by atoms with Crippen LogP contribution in [-0.2, 0) is 6.54 Å². The SMILES string of the molecule is COc1ccc(Cn2ccc3ccc(N)cc32)cc1. The van der Waals surface area contributed by atoms with Crippen molar-refractivity contribution in [1.82, 2.24) is 4.57 Å². The number of benzene rings is 2. The molecule has 0 saturated heterocycles. The molecular weight excluding hydrogens is 236 g/mol. The van der Waals surface area contributed by atoms with Gasteiger partial charge in [-0.2, -0.15) is 0 Å². The van der Waals surface area contributed by atoms with Gasteiger partial charge in [0.25, 0.3) is 0 Å². The predicted molar refractivity (Wildman–Crippen MR) is 78.4 cm³/mol. The first-order chi connectivity index (χ1) is 9.26. The lowest BCUT2D eigenvalue weighted by atomic mass is 10.2. The molecule has 1 heterocycles. The third-order valence-electron chi connectivity index (χ3n) is 3.31. The van der Waals surface area contributed by atoms with Crippen molar-refractivity contribution >= 4 is 16.6 Å². The highest BCUT2D eigenvalue weighted by Crippen LogP contribution is 2.20. The van der Waals surface area contributed by atoms with Crippen LogP contribution in [0.1, 0.15) is 5.56 Å². The quantitative estimate of drug-likeness (QED) is 0.727. The Morgan fingerprint density at radius 3 is 2.58 bits per heavy atom. The summed E-state index contributed by atoms with van der Waals surface area (Å²) >= 11 is 0. The standard InChI is InChI=1S/C16H16N2O/c1-19-15-6-2-12(3-7-15)11-18-9-8-13-4-5-14(17)10-16(13)18/h2-10H,11,17H2,1H3. The fourth-order valence-electron chi connectivity index (χ4n) is 2.27. The van der Waals surface area contributed by atoms with Crippen LogP contribution >= 0.6 is 0 Å². The molecule has 2 aromatic carbocycles. The molecule has 3 nitrogen and oxygen atoms in total. The van der Waals surface area contributed by atoms with Crippen molar-refractivity contribution in [3.05, 3.63) is 60.3 Å². The molecule has 3 rings (SSSR count). The first kappa shape index (κ1) is 11.7. The number of ether oxygens (including phenoxy) is 1. The molecule has 0 spiro atoms. The van der Waals surface area contributed by atoms with Crippen LogP contribution < -0.4 is 10.5 Å². The molecule has 0 aliphatic rings. The lowest BCUT2D eigenvalue weighted by Crippen LogP contribution is -1.98. The maximum atomic E-state index is 5.85. The number of anilines is 1. The molecule has 19 heavy (non-hydrogen) atoms. The smallest absolute Gasteiger partial charge is 0.118 e. The molecule has 2 N–H and O–H groups in total. The average molecular weight is 252 g/mol. The van der Waals surface area contributed by atoms with Crippen molar-refractivity contribution in [2.24, 2.45) is 0 Å². The highest BCUT2D eigenvalue weighted by atomic mass is 16.5. The second kappa shape index (κ2) is 4.69. The van der Waals surface area contributed by atoms with Gasteiger partial charge in [-0.05, 0) is 41.3 Å². The summed E-state index contributed by atoms with van der Waals surface area (Å²) in [6, 6.07) is 16.2. The Morgan fingerprint density at radius 2 is 1.84 bits per heavy atom. The number of rotatable bonds is 3. The van der Waals surface area contributed by atoms with Crippen LogP contribution in [-0.4, -0.2) is 11.7 Å². The van der Waals surface area contributed by atoms with E-state index in [0.717, 1.165) is 23.5 Å². The molecule has 0 aliphatic carbocycles. The van der Waals surface area contributed by atoms with E-state index in [-0.39, 0.29) is 0 Å². The summed E-state index contributed by atoms with van der Waals surface area (Å²) in [5, 5.41) is 1.21. The largest absolute Gasteiger partial charge is 0.497 e. The molecule has 3 aromatic rings. The van der Waals surface area contributed by atoms with Crippen molar-refractivity contribution in [2.45, 2.75) is 6.54 Å². The van der Waals surface area contributed by atoms with E-state index in [2.05, 4.69) is 35.0 Å². The highest BCUT2D eigenvalue weighted by molar-refractivity contribution is 5.83. The van der Waals surface area contributed by atoms with Gasteiger partial charge in [-0.3, -0.25) is 0 Å². The molecule has 0 saturated carbocycles. The van der Waals surface area contributed by atoms with E-state index in [0.29, 0.717) is 0 Å². The minimum absolute atomic E-state index is 0.794. The number of methoxy groups -OCH3 is 1. The Morgan fingerprint density at radius 1 is 1.05 bits per heavy atom. The summed E-state index contributed by atoms with van der Waals surface area (Å²) in [5.41, 5.74) is 9.05. The first-order valence-electron chi connectivity index (χ1n) is 6.23. The number of aromatic nitrogens is 1. The van der Waals surface area contributed by atoms with Gasteiger partial charge in [0.15, 0.2) is 0 Å². The predicted octanol–water partition coefficient (Wildman–Crippen LogP) is 3.28. The van der Waals surface area contributed by atoms with Crippen molar-refractivity contribution < 1.29 is 4.74 Å². The highest BCUT2D eigenvalue weighted by Gasteiger charge is 2.02. The third-order valence-corrected chi connectivity index (χ3v) is 3.31. The van der Waals surface area contributed by atoms with Gasteiger partial charge >= 0.3 is 0 Å². The van der Waals surface area contributed by atoms with Gasteiger partial charge in [-0.15, -0.1) is 0 Å². The molecule has 0 atom stereocenters. The van der Waals surface area contributed by atoms with E-state index < -0.39 is 0 Å². The normalized spacial score (nSPS) is 10.8. The zero-order valence-corrected chi connectivity index (χ0v) is 10.8. The van der Waals surface area contributed by atoms with E-state index in [1.54, 1.807) is 7.11 Å².